The van der Waals surface area contributed by atoms with E-state index in [4.69, 9.17) is 10.2 Å². The highest BCUT2D eigenvalue weighted by atomic mass is 16.3. The molecule has 1 unspecified atom stereocenters. The Morgan fingerprint density at radius 1 is 1.75 bits per heavy atom. The lowest BCUT2D eigenvalue weighted by Gasteiger charge is -2.15. The van der Waals surface area contributed by atoms with E-state index in [1.54, 1.807) is 0 Å². The molecule has 1 heterocycles. The van der Waals surface area contributed by atoms with Gasteiger partial charge in [-0.05, 0) is 0 Å². The SMILES string of the molecule is OC1=CC(O)NCN1. The molecule has 0 radical (unpaired) electrons. The fourth-order valence-corrected chi connectivity index (χ4v) is 0.514. The Labute approximate surface area is 46.8 Å². The van der Waals surface area contributed by atoms with Crippen molar-refractivity contribution in [1.82, 2.24) is 10.6 Å². The van der Waals surface area contributed by atoms with E-state index in [1.807, 2.05) is 0 Å². The van der Waals surface area contributed by atoms with Crippen molar-refractivity contribution in [1.29, 1.82) is 0 Å². The van der Waals surface area contributed by atoms with Gasteiger partial charge in [-0.3, -0.25) is 5.32 Å². The van der Waals surface area contributed by atoms with Crippen LogP contribution in [0.15, 0.2) is 12.0 Å². The zero-order chi connectivity index (χ0) is 5.98. The zero-order valence-electron chi connectivity index (χ0n) is 4.26. The summed E-state index contributed by atoms with van der Waals surface area (Å²) in [5, 5.41) is 22.5. The average molecular weight is 116 g/mol. The normalized spacial score (nSPS) is 28.6. The van der Waals surface area contributed by atoms with Crippen molar-refractivity contribution in [2.45, 2.75) is 6.23 Å². The number of aliphatic hydroxyl groups is 2. The standard InChI is InChI=1S/C4H8N2O2/c7-3-1-4(8)6-2-5-3/h1,3,5-8H,2H2. The molecule has 0 spiro atoms. The Morgan fingerprint density at radius 3 is 2.88 bits per heavy atom. The first-order valence-corrected chi connectivity index (χ1v) is 2.35. The molecule has 1 atom stereocenters. The summed E-state index contributed by atoms with van der Waals surface area (Å²) in [7, 11) is 0. The van der Waals surface area contributed by atoms with Crippen molar-refractivity contribution in [3.63, 3.8) is 0 Å². The molecule has 1 aliphatic rings. The average Bonchev–Trinajstić information content (AvgIpc) is 1.64. The first-order valence-electron chi connectivity index (χ1n) is 2.35. The van der Waals surface area contributed by atoms with Crippen LogP contribution in [-0.2, 0) is 0 Å². The van der Waals surface area contributed by atoms with Crippen LogP contribution in [0.5, 0.6) is 0 Å². The second-order valence-corrected chi connectivity index (χ2v) is 1.55. The molecule has 0 saturated heterocycles. The molecule has 0 bridgehead atoms. The van der Waals surface area contributed by atoms with E-state index in [9.17, 15) is 0 Å². The molecular weight excluding hydrogens is 108 g/mol. The molecule has 1 aliphatic heterocycles. The highest BCUT2D eigenvalue weighted by Crippen LogP contribution is 1.89. The summed E-state index contributed by atoms with van der Waals surface area (Å²) in [5.41, 5.74) is 0. The summed E-state index contributed by atoms with van der Waals surface area (Å²) < 4.78 is 0. The Kier molecular flexibility index (Phi) is 1.36. The quantitative estimate of drug-likeness (QED) is 0.323. The lowest BCUT2D eigenvalue weighted by atomic mass is 10.4. The fourth-order valence-electron chi connectivity index (χ4n) is 0.514. The molecule has 4 heteroatoms. The van der Waals surface area contributed by atoms with Crippen molar-refractivity contribution in [3.05, 3.63) is 12.0 Å². The maximum absolute atomic E-state index is 8.69. The number of nitrogens with one attached hydrogen (secondary N) is 2. The van der Waals surface area contributed by atoms with Crippen LogP contribution in [0.4, 0.5) is 0 Å². The van der Waals surface area contributed by atoms with Gasteiger partial charge in [-0.25, -0.2) is 0 Å². The van der Waals surface area contributed by atoms with Gasteiger partial charge in [0.05, 0.1) is 6.67 Å². The van der Waals surface area contributed by atoms with Crippen molar-refractivity contribution < 1.29 is 10.2 Å². The van der Waals surface area contributed by atoms with Gasteiger partial charge in [0.1, 0.15) is 6.23 Å². The first-order chi connectivity index (χ1) is 3.79. The van der Waals surface area contributed by atoms with Gasteiger partial charge in [0, 0.05) is 6.08 Å². The molecule has 0 aromatic heterocycles. The monoisotopic (exact) mass is 116 g/mol. The van der Waals surface area contributed by atoms with E-state index in [2.05, 4.69) is 10.6 Å². The second kappa shape index (κ2) is 2.02. The predicted molar refractivity (Wildman–Crippen MR) is 27.9 cm³/mol. The Balaban J connectivity index is 2.50. The maximum Gasteiger partial charge on any atom is 0.184 e. The highest BCUT2D eigenvalue weighted by molar-refractivity contribution is 4.95. The number of rotatable bonds is 0. The molecule has 0 aromatic rings. The summed E-state index contributed by atoms with van der Waals surface area (Å²) in [6, 6.07) is 0. The Hall–Kier alpha value is -0.740. The summed E-state index contributed by atoms with van der Waals surface area (Å²) in [6.45, 7) is 0.406. The van der Waals surface area contributed by atoms with Crippen molar-refractivity contribution >= 4 is 0 Å². The van der Waals surface area contributed by atoms with Crippen LogP contribution >= 0.6 is 0 Å². The third-order valence-electron chi connectivity index (χ3n) is 0.896. The minimum atomic E-state index is -0.712. The van der Waals surface area contributed by atoms with Crippen LogP contribution in [0.1, 0.15) is 0 Å². The van der Waals surface area contributed by atoms with Gasteiger partial charge < -0.3 is 15.5 Å². The van der Waals surface area contributed by atoms with E-state index in [0.29, 0.717) is 6.67 Å². The van der Waals surface area contributed by atoms with Crippen LogP contribution < -0.4 is 10.6 Å². The summed E-state index contributed by atoms with van der Waals surface area (Å²) in [6.07, 6.45) is 0.569. The van der Waals surface area contributed by atoms with E-state index >= 15 is 0 Å². The summed E-state index contributed by atoms with van der Waals surface area (Å²) >= 11 is 0. The molecule has 0 amide bonds. The van der Waals surface area contributed by atoms with Crippen LogP contribution in [0.25, 0.3) is 0 Å². The van der Waals surface area contributed by atoms with Crippen LogP contribution in [0.3, 0.4) is 0 Å². The number of hydrogen-bond acceptors (Lipinski definition) is 4. The van der Waals surface area contributed by atoms with Crippen LogP contribution in [0.2, 0.25) is 0 Å². The van der Waals surface area contributed by atoms with Gasteiger partial charge >= 0.3 is 0 Å². The molecule has 4 nitrogen and oxygen atoms in total. The molecule has 8 heavy (non-hydrogen) atoms. The number of aliphatic hydroxyl groups excluding tert-OH is 2. The lowest BCUT2D eigenvalue weighted by Crippen LogP contribution is -2.40. The van der Waals surface area contributed by atoms with E-state index in [0.717, 1.165) is 0 Å². The molecule has 1 rings (SSSR count). The topological polar surface area (TPSA) is 64.5 Å². The molecule has 0 fully saturated rings. The van der Waals surface area contributed by atoms with Crippen molar-refractivity contribution in [2.75, 3.05) is 6.67 Å². The largest absolute Gasteiger partial charge is 0.495 e. The summed E-state index contributed by atoms with van der Waals surface area (Å²) in [4.78, 5) is 0. The van der Waals surface area contributed by atoms with E-state index in [1.165, 1.54) is 6.08 Å². The van der Waals surface area contributed by atoms with Crippen molar-refractivity contribution in [3.8, 4) is 0 Å². The smallest absolute Gasteiger partial charge is 0.184 e. The Bertz CT molecular complexity index is 113. The molecule has 4 N–H and O–H groups in total. The third kappa shape index (κ3) is 1.11. The van der Waals surface area contributed by atoms with Gasteiger partial charge in [-0.1, -0.05) is 0 Å². The van der Waals surface area contributed by atoms with Crippen LogP contribution in [0, 0.1) is 0 Å². The predicted octanol–water partition coefficient (Wildman–Crippen LogP) is -1.15. The molecule has 0 saturated carbocycles. The van der Waals surface area contributed by atoms with Gasteiger partial charge in [-0.2, -0.15) is 0 Å². The van der Waals surface area contributed by atoms with Crippen molar-refractivity contribution in [2.24, 2.45) is 0 Å². The molecular formula is C4H8N2O2. The third-order valence-corrected chi connectivity index (χ3v) is 0.896. The minimum Gasteiger partial charge on any atom is -0.495 e. The van der Waals surface area contributed by atoms with Gasteiger partial charge in [0.2, 0.25) is 0 Å². The molecule has 0 aromatic carbocycles. The van der Waals surface area contributed by atoms with Gasteiger partial charge in [-0.15, -0.1) is 0 Å². The maximum atomic E-state index is 8.69. The second-order valence-electron chi connectivity index (χ2n) is 1.55. The van der Waals surface area contributed by atoms with Gasteiger partial charge in [0.15, 0.2) is 5.88 Å². The summed E-state index contributed by atoms with van der Waals surface area (Å²) in [5.74, 6) is 0.0243. The Morgan fingerprint density at radius 2 is 2.50 bits per heavy atom. The minimum absolute atomic E-state index is 0.0243. The fraction of sp³-hybridized carbons (Fsp3) is 0.500. The molecule has 46 valence electrons. The van der Waals surface area contributed by atoms with Gasteiger partial charge in [0.25, 0.3) is 0 Å². The van der Waals surface area contributed by atoms with E-state index in [-0.39, 0.29) is 5.88 Å². The van der Waals surface area contributed by atoms with Crippen LogP contribution in [-0.4, -0.2) is 23.1 Å². The lowest BCUT2D eigenvalue weighted by molar-refractivity contribution is 0.158. The number of hydrogen-bond donors (Lipinski definition) is 4. The molecule has 0 aliphatic carbocycles. The van der Waals surface area contributed by atoms with E-state index < -0.39 is 6.23 Å². The first kappa shape index (κ1) is 5.40. The zero-order valence-corrected chi connectivity index (χ0v) is 4.26. The highest BCUT2D eigenvalue weighted by Gasteiger charge is 2.05.